The predicted octanol–water partition coefficient (Wildman–Crippen LogP) is 4.12. The van der Waals surface area contributed by atoms with Crippen LogP contribution in [0, 0.1) is 11.3 Å². The number of nitriles is 1. The Hall–Kier alpha value is -3.61. The van der Waals surface area contributed by atoms with Gasteiger partial charge in [0.1, 0.15) is 10.4 Å². The van der Waals surface area contributed by atoms with E-state index in [4.69, 9.17) is 10.00 Å². The Morgan fingerprint density at radius 2 is 2.09 bits per heavy atom. The van der Waals surface area contributed by atoms with E-state index in [1.165, 1.54) is 23.1 Å². The molecular weight excluding hydrogens is 444 g/mol. The molecule has 32 heavy (non-hydrogen) atoms. The molecular formula is C23H18N4O3S2. The van der Waals surface area contributed by atoms with Gasteiger partial charge in [-0.2, -0.15) is 5.26 Å². The minimum Gasteiger partial charge on any atom is -0.496 e. The van der Waals surface area contributed by atoms with Gasteiger partial charge < -0.3 is 10.1 Å². The molecule has 2 aromatic heterocycles. The van der Waals surface area contributed by atoms with Crippen LogP contribution in [0.3, 0.4) is 0 Å². The SMILES string of the molecule is COc1ccccc1Cn1c(SCC(=O)Nc2cccc(C#N)c2)nc2ccsc2c1=O. The molecule has 0 unspecified atom stereocenters. The highest BCUT2D eigenvalue weighted by Gasteiger charge is 2.16. The molecule has 9 heteroatoms. The number of amides is 1. The molecule has 7 nitrogen and oxygen atoms in total. The fourth-order valence-corrected chi connectivity index (χ4v) is 4.75. The lowest BCUT2D eigenvalue weighted by molar-refractivity contribution is -0.113. The number of hydrogen-bond acceptors (Lipinski definition) is 7. The summed E-state index contributed by atoms with van der Waals surface area (Å²) in [5, 5.41) is 14.1. The lowest BCUT2D eigenvalue weighted by Crippen LogP contribution is -2.24. The summed E-state index contributed by atoms with van der Waals surface area (Å²) in [7, 11) is 1.59. The van der Waals surface area contributed by atoms with E-state index < -0.39 is 0 Å². The second-order valence-corrected chi connectivity index (χ2v) is 8.62. The Bertz CT molecular complexity index is 1390. The Labute approximate surface area is 192 Å². The zero-order valence-electron chi connectivity index (χ0n) is 17.1. The van der Waals surface area contributed by atoms with Crippen molar-refractivity contribution < 1.29 is 9.53 Å². The largest absolute Gasteiger partial charge is 0.496 e. The molecule has 160 valence electrons. The van der Waals surface area contributed by atoms with Crippen molar-refractivity contribution in [1.29, 1.82) is 5.26 Å². The maximum atomic E-state index is 13.2. The number of ether oxygens (including phenoxy) is 1. The number of nitrogens with zero attached hydrogens (tertiary/aromatic N) is 3. The molecule has 4 aromatic rings. The molecule has 0 bridgehead atoms. The first-order valence-electron chi connectivity index (χ1n) is 9.62. The number of para-hydroxylation sites is 1. The number of anilines is 1. The van der Waals surface area contributed by atoms with Crippen LogP contribution in [0.25, 0.3) is 10.2 Å². The van der Waals surface area contributed by atoms with Gasteiger partial charge in [-0.25, -0.2) is 4.98 Å². The first-order valence-corrected chi connectivity index (χ1v) is 11.5. The molecule has 0 aliphatic rings. The minimum absolute atomic E-state index is 0.0603. The number of methoxy groups -OCH3 is 1. The van der Waals surface area contributed by atoms with Crippen molar-refractivity contribution in [2.24, 2.45) is 0 Å². The summed E-state index contributed by atoms with van der Waals surface area (Å²) in [5.74, 6) is 0.482. The Balaban J connectivity index is 1.60. The van der Waals surface area contributed by atoms with E-state index in [0.29, 0.717) is 32.4 Å². The summed E-state index contributed by atoms with van der Waals surface area (Å²) < 4.78 is 7.57. The standard InChI is InChI=1S/C23H18N4O3S2/c1-30-19-8-3-2-6-16(19)13-27-22(29)21-18(9-10-31-21)26-23(27)32-14-20(28)25-17-7-4-5-15(11-17)12-24/h2-11H,13-14H2,1H3,(H,25,28). The fraction of sp³-hybridized carbons (Fsp3) is 0.130. The molecule has 2 aromatic carbocycles. The molecule has 4 rings (SSSR count). The highest BCUT2D eigenvalue weighted by atomic mass is 32.2. The smallest absolute Gasteiger partial charge is 0.272 e. The Morgan fingerprint density at radius 1 is 1.25 bits per heavy atom. The summed E-state index contributed by atoms with van der Waals surface area (Å²) in [6, 6.07) is 18.0. The van der Waals surface area contributed by atoms with Gasteiger partial charge >= 0.3 is 0 Å². The van der Waals surface area contributed by atoms with Gasteiger partial charge in [0.15, 0.2) is 5.16 Å². The Kier molecular flexibility index (Phi) is 6.54. The summed E-state index contributed by atoms with van der Waals surface area (Å²) in [6.07, 6.45) is 0. The molecule has 2 heterocycles. The number of carbonyl (C=O) groups excluding carboxylic acids is 1. The molecule has 0 saturated heterocycles. The maximum Gasteiger partial charge on any atom is 0.272 e. The van der Waals surface area contributed by atoms with Gasteiger partial charge in [-0.1, -0.05) is 36.0 Å². The first kappa shape index (κ1) is 21.6. The Morgan fingerprint density at radius 3 is 2.91 bits per heavy atom. The molecule has 0 aliphatic heterocycles. The topological polar surface area (TPSA) is 97.0 Å². The van der Waals surface area contributed by atoms with E-state index in [0.717, 1.165) is 5.56 Å². The molecule has 1 N–H and O–H groups in total. The number of benzene rings is 2. The summed E-state index contributed by atoms with van der Waals surface area (Å²) >= 11 is 2.53. The van der Waals surface area contributed by atoms with Gasteiger partial charge in [-0.05, 0) is 35.7 Å². The minimum atomic E-state index is -0.256. The summed E-state index contributed by atoms with van der Waals surface area (Å²) in [5.41, 5.74) is 2.31. The zero-order valence-corrected chi connectivity index (χ0v) is 18.7. The number of aromatic nitrogens is 2. The molecule has 1 amide bonds. The van der Waals surface area contributed by atoms with Gasteiger partial charge in [-0.3, -0.25) is 14.2 Å². The van der Waals surface area contributed by atoms with Crippen LogP contribution in [0.5, 0.6) is 5.75 Å². The van der Waals surface area contributed by atoms with Gasteiger partial charge in [0.05, 0.1) is 36.6 Å². The number of rotatable bonds is 7. The van der Waals surface area contributed by atoms with Gasteiger partial charge in [0.25, 0.3) is 5.56 Å². The molecule has 0 fully saturated rings. The lowest BCUT2D eigenvalue weighted by Gasteiger charge is -2.14. The number of carbonyl (C=O) groups is 1. The maximum absolute atomic E-state index is 13.2. The van der Waals surface area contributed by atoms with Crippen LogP contribution in [-0.2, 0) is 11.3 Å². The van der Waals surface area contributed by atoms with Crippen LogP contribution in [0.4, 0.5) is 5.69 Å². The van der Waals surface area contributed by atoms with Crippen molar-refractivity contribution in [2.45, 2.75) is 11.7 Å². The number of thiophene rings is 1. The van der Waals surface area contributed by atoms with Gasteiger partial charge in [0, 0.05) is 11.3 Å². The van der Waals surface area contributed by atoms with E-state index in [1.807, 2.05) is 35.7 Å². The zero-order chi connectivity index (χ0) is 22.5. The van der Waals surface area contributed by atoms with Crippen molar-refractivity contribution in [1.82, 2.24) is 9.55 Å². The summed E-state index contributed by atoms with van der Waals surface area (Å²) in [6.45, 7) is 0.276. The third-order valence-corrected chi connectivity index (χ3v) is 6.53. The highest BCUT2D eigenvalue weighted by molar-refractivity contribution is 7.99. The number of nitrogens with one attached hydrogen (secondary N) is 1. The summed E-state index contributed by atoms with van der Waals surface area (Å²) in [4.78, 5) is 30.3. The van der Waals surface area contributed by atoms with E-state index in [-0.39, 0.29) is 23.8 Å². The average Bonchev–Trinajstić information content (AvgIpc) is 3.29. The number of fused-ring (bicyclic) bond motifs is 1. The quantitative estimate of drug-likeness (QED) is 0.328. The molecule has 0 spiro atoms. The van der Waals surface area contributed by atoms with E-state index in [9.17, 15) is 9.59 Å². The van der Waals surface area contributed by atoms with E-state index in [2.05, 4.69) is 10.3 Å². The normalized spacial score (nSPS) is 10.6. The van der Waals surface area contributed by atoms with Crippen LogP contribution < -0.4 is 15.6 Å². The second-order valence-electron chi connectivity index (χ2n) is 6.76. The highest BCUT2D eigenvalue weighted by Crippen LogP contribution is 2.24. The first-order chi connectivity index (χ1) is 15.6. The van der Waals surface area contributed by atoms with Crippen molar-refractivity contribution in [3.8, 4) is 11.8 Å². The third-order valence-electron chi connectivity index (χ3n) is 4.66. The second kappa shape index (κ2) is 9.68. The van der Waals surface area contributed by atoms with Crippen LogP contribution >= 0.6 is 23.1 Å². The monoisotopic (exact) mass is 462 g/mol. The predicted molar refractivity (Wildman–Crippen MR) is 126 cm³/mol. The lowest BCUT2D eigenvalue weighted by atomic mass is 10.2. The van der Waals surface area contributed by atoms with Crippen molar-refractivity contribution in [2.75, 3.05) is 18.2 Å². The van der Waals surface area contributed by atoms with Gasteiger partial charge in [-0.15, -0.1) is 11.3 Å². The fourth-order valence-electron chi connectivity index (χ4n) is 3.17. The van der Waals surface area contributed by atoms with Crippen LogP contribution in [0.1, 0.15) is 11.1 Å². The van der Waals surface area contributed by atoms with Crippen LogP contribution in [-0.4, -0.2) is 28.3 Å². The number of hydrogen-bond donors (Lipinski definition) is 1. The van der Waals surface area contributed by atoms with Crippen LogP contribution in [0.15, 0.2) is 69.9 Å². The molecule has 0 aliphatic carbocycles. The molecule has 0 saturated carbocycles. The van der Waals surface area contributed by atoms with Gasteiger partial charge in [0.2, 0.25) is 5.91 Å². The van der Waals surface area contributed by atoms with Crippen molar-refractivity contribution >= 4 is 44.9 Å². The third kappa shape index (κ3) is 4.66. The average molecular weight is 463 g/mol. The number of thioether (sulfide) groups is 1. The van der Waals surface area contributed by atoms with Crippen LogP contribution in [0.2, 0.25) is 0 Å². The van der Waals surface area contributed by atoms with Crippen molar-refractivity contribution in [3.05, 3.63) is 81.5 Å². The molecule has 0 atom stereocenters. The van der Waals surface area contributed by atoms with Crippen molar-refractivity contribution in [3.63, 3.8) is 0 Å². The molecule has 0 radical (unpaired) electrons. The van der Waals surface area contributed by atoms with E-state index in [1.54, 1.807) is 42.0 Å². The van der Waals surface area contributed by atoms with E-state index >= 15 is 0 Å².